The standard InChI is InChI=1S/C15H23NO/c1-15(2,3)12-5-4-6-13(11-12)16-9-7-14(17)8-10-16/h4-6,11,14,17H,7-10H2,1-3H3. The zero-order valence-corrected chi connectivity index (χ0v) is 11.1. The normalized spacial score (nSPS) is 18.5. The van der Waals surface area contributed by atoms with Gasteiger partial charge in [-0.3, -0.25) is 0 Å². The number of anilines is 1. The van der Waals surface area contributed by atoms with Crippen LogP contribution in [0, 0.1) is 0 Å². The second-order valence-corrected chi connectivity index (χ2v) is 6.02. The number of hydrogen-bond donors (Lipinski definition) is 1. The second-order valence-electron chi connectivity index (χ2n) is 6.02. The molecule has 1 fully saturated rings. The first-order valence-electron chi connectivity index (χ1n) is 6.50. The van der Waals surface area contributed by atoms with E-state index < -0.39 is 0 Å². The number of rotatable bonds is 1. The summed E-state index contributed by atoms with van der Waals surface area (Å²) < 4.78 is 0. The molecular formula is C15H23NO. The highest BCUT2D eigenvalue weighted by atomic mass is 16.3. The van der Waals surface area contributed by atoms with E-state index in [1.165, 1.54) is 11.3 Å². The number of aliphatic hydroxyl groups is 1. The van der Waals surface area contributed by atoms with E-state index in [1.807, 2.05) is 0 Å². The van der Waals surface area contributed by atoms with Crippen molar-refractivity contribution in [3.05, 3.63) is 29.8 Å². The van der Waals surface area contributed by atoms with Crippen molar-refractivity contribution in [2.75, 3.05) is 18.0 Å². The van der Waals surface area contributed by atoms with Crippen LogP contribution in [0.2, 0.25) is 0 Å². The Morgan fingerprint density at radius 2 is 1.82 bits per heavy atom. The van der Waals surface area contributed by atoms with Crippen LogP contribution in [0.5, 0.6) is 0 Å². The van der Waals surface area contributed by atoms with E-state index in [0.717, 1.165) is 25.9 Å². The minimum Gasteiger partial charge on any atom is -0.393 e. The van der Waals surface area contributed by atoms with Crippen LogP contribution in [0.4, 0.5) is 5.69 Å². The smallest absolute Gasteiger partial charge is 0.0574 e. The van der Waals surface area contributed by atoms with E-state index >= 15 is 0 Å². The van der Waals surface area contributed by atoms with E-state index in [2.05, 4.69) is 49.9 Å². The molecule has 0 radical (unpaired) electrons. The average Bonchev–Trinajstić information content (AvgIpc) is 2.29. The Balaban J connectivity index is 2.16. The number of aliphatic hydroxyl groups excluding tert-OH is 1. The molecule has 1 N–H and O–H groups in total. The number of benzene rings is 1. The van der Waals surface area contributed by atoms with Gasteiger partial charge in [-0.15, -0.1) is 0 Å². The van der Waals surface area contributed by atoms with Gasteiger partial charge in [0.25, 0.3) is 0 Å². The Hall–Kier alpha value is -1.02. The quantitative estimate of drug-likeness (QED) is 0.806. The van der Waals surface area contributed by atoms with Crippen LogP contribution in [0.25, 0.3) is 0 Å². The Bertz CT molecular complexity index is 373. The van der Waals surface area contributed by atoms with Crippen molar-refractivity contribution in [3.8, 4) is 0 Å². The molecule has 0 amide bonds. The van der Waals surface area contributed by atoms with Gasteiger partial charge in [-0.1, -0.05) is 32.9 Å². The number of hydrogen-bond acceptors (Lipinski definition) is 2. The number of nitrogens with zero attached hydrogens (tertiary/aromatic N) is 1. The van der Waals surface area contributed by atoms with Gasteiger partial charge in [-0.25, -0.2) is 0 Å². The van der Waals surface area contributed by atoms with Gasteiger partial charge in [0.15, 0.2) is 0 Å². The van der Waals surface area contributed by atoms with Crippen molar-refractivity contribution in [2.24, 2.45) is 0 Å². The van der Waals surface area contributed by atoms with Gasteiger partial charge < -0.3 is 10.0 Å². The molecule has 1 aliphatic rings. The molecule has 0 aromatic heterocycles. The molecule has 1 aromatic carbocycles. The molecule has 1 heterocycles. The first-order chi connectivity index (χ1) is 7.97. The van der Waals surface area contributed by atoms with Crippen molar-refractivity contribution in [1.29, 1.82) is 0 Å². The van der Waals surface area contributed by atoms with Crippen molar-refractivity contribution >= 4 is 5.69 Å². The molecule has 1 aliphatic heterocycles. The average molecular weight is 233 g/mol. The second kappa shape index (κ2) is 4.69. The summed E-state index contributed by atoms with van der Waals surface area (Å²) in [5.74, 6) is 0. The molecule has 1 saturated heterocycles. The van der Waals surface area contributed by atoms with Crippen molar-refractivity contribution in [3.63, 3.8) is 0 Å². The molecule has 0 atom stereocenters. The molecule has 0 unspecified atom stereocenters. The summed E-state index contributed by atoms with van der Waals surface area (Å²) in [6, 6.07) is 8.80. The molecule has 2 nitrogen and oxygen atoms in total. The summed E-state index contributed by atoms with van der Waals surface area (Å²) in [6.45, 7) is 8.66. The lowest BCUT2D eigenvalue weighted by molar-refractivity contribution is 0.145. The Morgan fingerprint density at radius 3 is 2.41 bits per heavy atom. The van der Waals surface area contributed by atoms with Crippen LogP contribution >= 0.6 is 0 Å². The first-order valence-corrected chi connectivity index (χ1v) is 6.50. The molecule has 0 aliphatic carbocycles. The van der Waals surface area contributed by atoms with Gasteiger partial charge in [0, 0.05) is 18.8 Å². The van der Waals surface area contributed by atoms with E-state index in [-0.39, 0.29) is 11.5 Å². The third-order valence-corrected chi connectivity index (χ3v) is 3.54. The van der Waals surface area contributed by atoms with Crippen LogP contribution in [0.15, 0.2) is 24.3 Å². The molecule has 2 rings (SSSR count). The van der Waals surface area contributed by atoms with E-state index in [1.54, 1.807) is 0 Å². The Labute approximate surface area is 104 Å². The zero-order valence-electron chi connectivity index (χ0n) is 11.1. The van der Waals surface area contributed by atoms with Gasteiger partial charge in [0.05, 0.1) is 6.10 Å². The Kier molecular flexibility index (Phi) is 3.43. The largest absolute Gasteiger partial charge is 0.393 e. The lowest BCUT2D eigenvalue weighted by Crippen LogP contribution is -2.35. The van der Waals surface area contributed by atoms with Crippen LogP contribution in [0.1, 0.15) is 39.2 Å². The van der Waals surface area contributed by atoms with Crippen molar-refractivity contribution < 1.29 is 5.11 Å². The van der Waals surface area contributed by atoms with Gasteiger partial charge in [0.2, 0.25) is 0 Å². The fraction of sp³-hybridized carbons (Fsp3) is 0.600. The lowest BCUT2D eigenvalue weighted by Gasteiger charge is -2.32. The third-order valence-electron chi connectivity index (χ3n) is 3.54. The topological polar surface area (TPSA) is 23.5 Å². The van der Waals surface area contributed by atoms with Crippen LogP contribution in [0.3, 0.4) is 0 Å². The van der Waals surface area contributed by atoms with E-state index in [9.17, 15) is 5.11 Å². The molecular weight excluding hydrogens is 210 g/mol. The predicted octanol–water partition coefficient (Wildman–Crippen LogP) is 2.95. The molecule has 0 bridgehead atoms. The lowest BCUT2D eigenvalue weighted by atomic mass is 9.87. The summed E-state index contributed by atoms with van der Waals surface area (Å²) in [4.78, 5) is 2.38. The molecule has 17 heavy (non-hydrogen) atoms. The van der Waals surface area contributed by atoms with E-state index in [4.69, 9.17) is 0 Å². The summed E-state index contributed by atoms with van der Waals surface area (Å²) in [5, 5.41) is 9.53. The number of piperidine rings is 1. The van der Waals surface area contributed by atoms with Crippen LogP contribution < -0.4 is 4.90 Å². The van der Waals surface area contributed by atoms with Crippen LogP contribution in [-0.4, -0.2) is 24.3 Å². The van der Waals surface area contributed by atoms with Crippen LogP contribution in [-0.2, 0) is 5.41 Å². The SMILES string of the molecule is CC(C)(C)c1cccc(N2CCC(O)CC2)c1. The highest BCUT2D eigenvalue weighted by Gasteiger charge is 2.19. The van der Waals surface area contributed by atoms with Crippen molar-refractivity contribution in [1.82, 2.24) is 0 Å². The highest BCUT2D eigenvalue weighted by molar-refractivity contribution is 5.50. The first kappa shape index (κ1) is 12.4. The summed E-state index contributed by atoms with van der Waals surface area (Å²) in [6.07, 6.45) is 1.68. The maximum Gasteiger partial charge on any atom is 0.0574 e. The molecule has 1 aromatic rings. The maximum absolute atomic E-state index is 9.53. The van der Waals surface area contributed by atoms with Crippen molar-refractivity contribution in [2.45, 2.75) is 45.1 Å². The molecule has 0 spiro atoms. The van der Waals surface area contributed by atoms with E-state index in [0.29, 0.717) is 0 Å². The van der Waals surface area contributed by atoms with Gasteiger partial charge in [-0.05, 0) is 36.0 Å². The maximum atomic E-state index is 9.53. The fourth-order valence-corrected chi connectivity index (χ4v) is 2.29. The van der Waals surface area contributed by atoms with Gasteiger partial charge >= 0.3 is 0 Å². The fourth-order valence-electron chi connectivity index (χ4n) is 2.29. The minimum atomic E-state index is -0.1000. The minimum absolute atomic E-state index is 0.1000. The summed E-state index contributed by atoms with van der Waals surface area (Å²) >= 11 is 0. The third kappa shape index (κ3) is 3.01. The zero-order chi connectivity index (χ0) is 12.5. The predicted molar refractivity (Wildman–Crippen MR) is 72.6 cm³/mol. The molecule has 94 valence electrons. The highest BCUT2D eigenvalue weighted by Crippen LogP contribution is 2.27. The summed E-state index contributed by atoms with van der Waals surface area (Å²) in [7, 11) is 0. The molecule has 2 heteroatoms. The molecule has 0 saturated carbocycles. The van der Waals surface area contributed by atoms with Gasteiger partial charge in [-0.2, -0.15) is 0 Å². The van der Waals surface area contributed by atoms with Gasteiger partial charge in [0.1, 0.15) is 0 Å². The summed E-state index contributed by atoms with van der Waals surface area (Å²) in [5.41, 5.74) is 2.87. The Morgan fingerprint density at radius 1 is 1.18 bits per heavy atom. The monoisotopic (exact) mass is 233 g/mol.